The van der Waals surface area contributed by atoms with Gasteiger partial charge >= 0.3 is 0 Å². The standard InChI is InChI=1S/C9H20N2OS/c1-7(2)9(10)11-8(3)5-6-13(4)12/h7-8H,5-6H2,1-4H3,(H2,10,11). The van der Waals surface area contributed by atoms with Crippen LogP contribution in [0.2, 0.25) is 0 Å². The maximum atomic E-state index is 10.8. The minimum Gasteiger partial charge on any atom is -0.387 e. The molecule has 2 unspecified atom stereocenters. The van der Waals surface area contributed by atoms with Crippen LogP contribution in [0.15, 0.2) is 4.99 Å². The zero-order valence-corrected chi connectivity index (χ0v) is 9.73. The van der Waals surface area contributed by atoms with Crippen molar-refractivity contribution in [3.8, 4) is 0 Å². The van der Waals surface area contributed by atoms with Gasteiger partial charge in [0.2, 0.25) is 0 Å². The van der Waals surface area contributed by atoms with Crippen LogP contribution in [0.5, 0.6) is 0 Å². The van der Waals surface area contributed by atoms with E-state index in [4.69, 9.17) is 5.73 Å². The fraction of sp³-hybridized carbons (Fsp3) is 0.889. The van der Waals surface area contributed by atoms with E-state index in [0.717, 1.165) is 6.42 Å². The van der Waals surface area contributed by atoms with Crippen LogP contribution in [-0.2, 0) is 10.8 Å². The second kappa shape index (κ2) is 6.13. The van der Waals surface area contributed by atoms with Crippen LogP contribution in [0.4, 0.5) is 0 Å². The summed E-state index contributed by atoms with van der Waals surface area (Å²) in [7, 11) is -0.722. The molecular weight excluding hydrogens is 184 g/mol. The molecule has 0 fully saturated rings. The molecule has 0 radical (unpaired) electrons. The molecule has 3 nitrogen and oxygen atoms in total. The molecule has 0 rings (SSSR count). The van der Waals surface area contributed by atoms with E-state index in [-0.39, 0.29) is 6.04 Å². The molecule has 0 spiro atoms. The van der Waals surface area contributed by atoms with Gasteiger partial charge < -0.3 is 5.73 Å². The van der Waals surface area contributed by atoms with Crippen molar-refractivity contribution in [2.75, 3.05) is 12.0 Å². The van der Waals surface area contributed by atoms with Crippen molar-refractivity contribution in [2.24, 2.45) is 16.6 Å². The molecular formula is C9H20N2OS. The monoisotopic (exact) mass is 204 g/mol. The second-order valence-corrected chi connectivity index (χ2v) is 5.18. The van der Waals surface area contributed by atoms with Crippen LogP contribution in [0.1, 0.15) is 27.2 Å². The molecule has 0 aromatic carbocycles. The minimum atomic E-state index is -0.722. The first-order chi connectivity index (χ1) is 5.93. The van der Waals surface area contributed by atoms with Crippen LogP contribution in [0.3, 0.4) is 0 Å². The van der Waals surface area contributed by atoms with Gasteiger partial charge in [-0.1, -0.05) is 13.8 Å². The number of hydrogen-bond donors (Lipinski definition) is 1. The first-order valence-electron chi connectivity index (χ1n) is 4.56. The summed E-state index contributed by atoms with van der Waals surface area (Å²) < 4.78 is 10.8. The number of nitrogens with two attached hydrogens (primary N) is 1. The number of hydrogen-bond acceptors (Lipinski definition) is 2. The summed E-state index contributed by atoms with van der Waals surface area (Å²) in [5.41, 5.74) is 5.70. The van der Waals surface area contributed by atoms with Crippen molar-refractivity contribution < 1.29 is 4.21 Å². The molecule has 0 aliphatic heterocycles. The molecule has 0 aromatic heterocycles. The Morgan fingerprint density at radius 1 is 1.46 bits per heavy atom. The lowest BCUT2D eigenvalue weighted by molar-refractivity contribution is 0.669. The smallest absolute Gasteiger partial charge is 0.0966 e. The average molecular weight is 204 g/mol. The zero-order chi connectivity index (χ0) is 10.4. The Bertz CT molecular complexity index is 202. The molecule has 2 atom stereocenters. The van der Waals surface area contributed by atoms with E-state index >= 15 is 0 Å². The Balaban J connectivity index is 3.91. The molecule has 4 heteroatoms. The van der Waals surface area contributed by atoms with Crippen LogP contribution in [-0.4, -0.2) is 28.1 Å². The fourth-order valence-corrected chi connectivity index (χ4v) is 1.48. The summed E-state index contributed by atoms with van der Waals surface area (Å²) >= 11 is 0. The summed E-state index contributed by atoms with van der Waals surface area (Å²) in [6, 6.07) is 0.186. The van der Waals surface area contributed by atoms with Gasteiger partial charge in [-0.15, -0.1) is 0 Å². The van der Waals surface area contributed by atoms with Gasteiger partial charge in [0.1, 0.15) is 0 Å². The lowest BCUT2D eigenvalue weighted by Crippen LogP contribution is -2.21. The molecule has 0 saturated carbocycles. The third-order valence-corrected chi connectivity index (χ3v) is 2.59. The minimum absolute atomic E-state index is 0.186. The van der Waals surface area contributed by atoms with Gasteiger partial charge in [0, 0.05) is 34.8 Å². The normalized spacial score (nSPS) is 17.5. The number of rotatable bonds is 5. The molecule has 78 valence electrons. The van der Waals surface area contributed by atoms with Gasteiger partial charge in [-0.2, -0.15) is 0 Å². The topological polar surface area (TPSA) is 55.5 Å². The SMILES string of the molecule is CC(CCS(C)=O)N=C(N)C(C)C. The van der Waals surface area contributed by atoms with Gasteiger partial charge in [0.15, 0.2) is 0 Å². The first-order valence-corrected chi connectivity index (χ1v) is 6.29. The molecule has 0 aliphatic carbocycles. The number of nitrogens with zero attached hydrogens (tertiary/aromatic N) is 1. The lowest BCUT2D eigenvalue weighted by Gasteiger charge is -2.09. The molecule has 0 aromatic rings. The number of amidine groups is 1. The van der Waals surface area contributed by atoms with Gasteiger partial charge in [0.25, 0.3) is 0 Å². The van der Waals surface area contributed by atoms with Gasteiger partial charge in [-0.25, -0.2) is 0 Å². The van der Waals surface area contributed by atoms with Crippen molar-refractivity contribution in [1.29, 1.82) is 0 Å². The van der Waals surface area contributed by atoms with E-state index in [1.165, 1.54) is 0 Å². The molecule has 0 amide bonds. The van der Waals surface area contributed by atoms with Crippen LogP contribution < -0.4 is 5.73 Å². The highest BCUT2D eigenvalue weighted by molar-refractivity contribution is 7.84. The maximum Gasteiger partial charge on any atom is 0.0966 e. The average Bonchev–Trinajstić information content (AvgIpc) is 2.00. The van der Waals surface area contributed by atoms with E-state index in [2.05, 4.69) is 4.99 Å². The summed E-state index contributed by atoms with van der Waals surface area (Å²) in [5.74, 6) is 1.69. The van der Waals surface area contributed by atoms with Crippen LogP contribution >= 0.6 is 0 Å². The predicted molar refractivity (Wildman–Crippen MR) is 59.5 cm³/mol. The summed E-state index contributed by atoms with van der Waals surface area (Å²) in [6.45, 7) is 6.04. The second-order valence-electron chi connectivity index (χ2n) is 3.62. The molecule has 0 heterocycles. The van der Waals surface area contributed by atoms with Crippen molar-refractivity contribution in [3.05, 3.63) is 0 Å². The molecule has 13 heavy (non-hydrogen) atoms. The highest BCUT2D eigenvalue weighted by Gasteiger charge is 2.04. The predicted octanol–water partition coefficient (Wildman–Crippen LogP) is 1.16. The fourth-order valence-electron chi connectivity index (χ4n) is 0.805. The Kier molecular flexibility index (Phi) is 5.95. The Hall–Kier alpha value is -0.380. The largest absolute Gasteiger partial charge is 0.387 e. The Morgan fingerprint density at radius 3 is 2.38 bits per heavy atom. The van der Waals surface area contributed by atoms with E-state index in [0.29, 0.717) is 17.5 Å². The van der Waals surface area contributed by atoms with E-state index in [1.807, 2.05) is 20.8 Å². The first kappa shape index (κ1) is 12.6. The third kappa shape index (κ3) is 6.75. The summed E-state index contributed by atoms with van der Waals surface area (Å²) in [5, 5.41) is 0. The quantitative estimate of drug-likeness (QED) is 0.539. The lowest BCUT2D eigenvalue weighted by atomic mass is 10.2. The maximum absolute atomic E-state index is 10.8. The van der Waals surface area contributed by atoms with Gasteiger partial charge in [-0.05, 0) is 13.3 Å². The summed E-state index contributed by atoms with van der Waals surface area (Å²) in [6.07, 6.45) is 2.55. The van der Waals surface area contributed by atoms with Crippen molar-refractivity contribution >= 4 is 16.6 Å². The van der Waals surface area contributed by atoms with E-state index < -0.39 is 10.8 Å². The molecule has 2 N–H and O–H groups in total. The van der Waals surface area contributed by atoms with Crippen LogP contribution in [0.25, 0.3) is 0 Å². The van der Waals surface area contributed by atoms with Gasteiger partial charge in [0.05, 0.1) is 5.84 Å². The van der Waals surface area contributed by atoms with Crippen molar-refractivity contribution in [1.82, 2.24) is 0 Å². The van der Waals surface area contributed by atoms with Crippen molar-refractivity contribution in [2.45, 2.75) is 33.2 Å². The summed E-state index contributed by atoms with van der Waals surface area (Å²) in [4.78, 5) is 4.31. The third-order valence-electron chi connectivity index (χ3n) is 1.78. The van der Waals surface area contributed by atoms with E-state index in [9.17, 15) is 4.21 Å². The molecule has 0 saturated heterocycles. The Labute approximate surface area is 83.3 Å². The Morgan fingerprint density at radius 2 is 2.00 bits per heavy atom. The van der Waals surface area contributed by atoms with Crippen LogP contribution in [0, 0.1) is 5.92 Å². The highest BCUT2D eigenvalue weighted by atomic mass is 32.2. The molecule has 0 aliphatic rings. The van der Waals surface area contributed by atoms with Gasteiger partial charge in [-0.3, -0.25) is 9.20 Å². The highest BCUT2D eigenvalue weighted by Crippen LogP contribution is 2.01. The number of aliphatic imine (C=N–C) groups is 1. The van der Waals surface area contributed by atoms with E-state index in [1.54, 1.807) is 6.26 Å². The molecule has 0 bridgehead atoms. The van der Waals surface area contributed by atoms with Crippen molar-refractivity contribution in [3.63, 3.8) is 0 Å². The zero-order valence-electron chi connectivity index (χ0n) is 8.91.